The Morgan fingerprint density at radius 3 is 2.09 bits per heavy atom. The van der Waals surface area contributed by atoms with Gasteiger partial charge >= 0.3 is 12.2 Å². The number of alkyl carbamates (subject to hydrolysis) is 1. The van der Waals surface area contributed by atoms with E-state index in [9.17, 15) is 19.6 Å². The Morgan fingerprint density at radius 2 is 1.53 bits per heavy atom. The van der Waals surface area contributed by atoms with Crippen LogP contribution in [-0.4, -0.2) is 71.4 Å². The number of piperidine rings is 1. The van der Waals surface area contributed by atoms with E-state index in [1.807, 2.05) is 62.4 Å². The van der Waals surface area contributed by atoms with Gasteiger partial charge in [0.1, 0.15) is 29.5 Å². The second kappa shape index (κ2) is 13.8. The van der Waals surface area contributed by atoms with Gasteiger partial charge in [0.2, 0.25) is 0 Å². The smallest absolute Gasteiger partial charge is 0.410 e. The average molecular weight is 591 g/mol. The molecule has 2 heterocycles. The van der Waals surface area contributed by atoms with Crippen LogP contribution in [0, 0.1) is 11.3 Å². The van der Waals surface area contributed by atoms with E-state index in [0.717, 1.165) is 36.1 Å². The Morgan fingerprint density at radius 1 is 0.930 bits per heavy atom. The molecule has 0 aromatic heterocycles. The number of ether oxygens (including phenoxy) is 3. The monoisotopic (exact) mass is 590 g/mol. The number of rotatable bonds is 7. The Labute approximate surface area is 253 Å². The molecule has 43 heavy (non-hydrogen) atoms. The summed E-state index contributed by atoms with van der Waals surface area (Å²) in [7, 11) is 0. The van der Waals surface area contributed by atoms with Crippen molar-refractivity contribution in [2.45, 2.75) is 90.2 Å². The van der Waals surface area contributed by atoms with E-state index < -0.39 is 23.8 Å². The molecular formula is C33H42N4O6. The van der Waals surface area contributed by atoms with Gasteiger partial charge in [-0.1, -0.05) is 36.4 Å². The first-order valence-electron chi connectivity index (χ1n) is 15.0. The molecule has 3 amide bonds. The highest BCUT2D eigenvalue weighted by Crippen LogP contribution is 2.28. The van der Waals surface area contributed by atoms with Crippen molar-refractivity contribution >= 4 is 18.1 Å². The molecule has 2 atom stereocenters. The Balaban J connectivity index is 1.41. The van der Waals surface area contributed by atoms with E-state index in [-0.39, 0.29) is 24.2 Å². The molecule has 2 unspecified atom stereocenters. The third kappa shape index (κ3) is 8.63. The second-order valence-electron chi connectivity index (χ2n) is 12.3. The van der Waals surface area contributed by atoms with E-state index in [0.29, 0.717) is 31.6 Å². The zero-order valence-corrected chi connectivity index (χ0v) is 25.7. The molecule has 2 aliphatic heterocycles. The van der Waals surface area contributed by atoms with Crippen molar-refractivity contribution in [2.24, 2.45) is 0 Å². The van der Waals surface area contributed by atoms with Crippen LogP contribution in [0.15, 0.2) is 48.5 Å². The molecule has 2 aromatic rings. The number of hydrogen-bond acceptors (Lipinski definition) is 7. The van der Waals surface area contributed by atoms with Gasteiger partial charge in [0.15, 0.2) is 0 Å². The number of nitriles is 1. The zero-order valence-electron chi connectivity index (χ0n) is 25.7. The molecule has 2 aliphatic rings. The predicted octanol–water partition coefficient (Wildman–Crippen LogP) is 5.82. The number of benzene rings is 2. The van der Waals surface area contributed by atoms with Gasteiger partial charge in [-0.2, -0.15) is 5.26 Å². The lowest BCUT2D eigenvalue weighted by Crippen LogP contribution is -2.45. The van der Waals surface area contributed by atoms with Gasteiger partial charge in [-0.25, -0.2) is 9.59 Å². The van der Waals surface area contributed by atoms with Gasteiger partial charge in [-0.05, 0) is 76.3 Å². The largest absolute Gasteiger partial charge is 0.490 e. The summed E-state index contributed by atoms with van der Waals surface area (Å²) in [5, 5.41) is 12.2. The SMILES string of the molecule is CC(C)OC(=O)N1CCC(Oc2ccc(-c3ccc(C(NC(=O)OC(C)(C)C)C(=O)N4CCCC4C#N)cc3)cc2)CC1. The minimum Gasteiger partial charge on any atom is -0.490 e. The van der Waals surface area contributed by atoms with E-state index in [2.05, 4.69) is 11.4 Å². The Kier molecular flexibility index (Phi) is 10.2. The standard InChI is InChI=1S/C33H42N4O6/c1-22(2)41-32(40)36-19-16-28(17-20-36)42-27-14-12-24(13-15-27)23-8-10-25(11-9-23)29(35-31(39)43-33(3,4)5)30(38)37-18-6-7-26(37)21-34/h8-15,22,26,28-29H,6-7,16-20H2,1-5H3,(H,35,39). The molecule has 2 fully saturated rings. The summed E-state index contributed by atoms with van der Waals surface area (Å²) in [6, 6.07) is 15.9. The number of nitrogens with zero attached hydrogens (tertiary/aromatic N) is 3. The molecule has 10 heteroatoms. The van der Waals surface area contributed by atoms with Crippen LogP contribution in [0.5, 0.6) is 5.75 Å². The van der Waals surface area contributed by atoms with Crippen LogP contribution < -0.4 is 10.1 Å². The molecular weight excluding hydrogens is 548 g/mol. The first kappa shape index (κ1) is 31.7. The maximum Gasteiger partial charge on any atom is 0.410 e. The lowest BCUT2D eigenvalue weighted by molar-refractivity contribution is -0.133. The molecule has 2 aromatic carbocycles. The van der Waals surface area contributed by atoms with Crippen molar-refractivity contribution in [1.82, 2.24) is 15.1 Å². The second-order valence-corrected chi connectivity index (χ2v) is 12.3. The van der Waals surface area contributed by atoms with Gasteiger partial charge < -0.3 is 29.3 Å². The first-order chi connectivity index (χ1) is 20.4. The Bertz CT molecular complexity index is 1300. The summed E-state index contributed by atoms with van der Waals surface area (Å²) in [6.07, 6.45) is 1.75. The lowest BCUT2D eigenvalue weighted by Gasteiger charge is -2.32. The van der Waals surface area contributed by atoms with Gasteiger partial charge in [0.05, 0.1) is 12.2 Å². The summed E-state index contributed by atoms with van der Waals surface area (Å²) in [4.78, 5) is 41.6. The number of carbonyl (C=O) groups excluding carboxylic acids is 3. The van der Waals surface area contributed by atoms with Crippen LogP contribution in [0.4, 0.5) is 9.59 Å². The van der Waals surface area contributed by atoms with Crippen LogP contribution in [-0.2, 0) is 14.3 Å². The minimum absolute atomic E-state index is 0.0245. The zero-order chi connectivity index (χ0) is 31.1. The Hall–Kier alpha value is -4.26. The molecule has 0 saturated carbocycles. The van der Waals surface area contributed by atoms with Gasteiger partial charge in [0.25, 0.3) is 5.91 Å². The van der Waals surface area contributed by atoms with Gasteiger partial charge in [-0.15, -0.1) is 0 Å². The van der Waals surface area contributed by atoms with Crippen molar-refractivity contribution in [3.8, 4) is 22.9 Å². The summed E-state index contributed by atoms with van der Waals surface area (Å²) in [6.45, 7) is 10.6. The van der Waals surface area contributed by atoms with Crippen molar-refractivity contribution in [3.63, 3.8) is 0 Å². The molecule has 0 radical (unpaired) electrons. The highest BCUT2D eigenvalue weighted by atomic mass is 16.6. The fourth-order valence-electron chi connectivity index (χ4n) is 5.26. The summed E-state index contributed by atoms with van der Waals surface area (Å²) in [5.74, 6) is 0.431. The van der Waals surface area contributed by atoms with Gasteiger partial charge in [0, 0.05) is 32.5 Å². The number of hydrogen-bond donors (Lipinski definition) is 1. The molecule has 0 bridgehead atoms. The quantitative estimate of drug-likeness (QED) is 0.431. The van der Waals surface area contributed by atoms with E-state index in [1.54, 1.807) is 25.7 Å². The van der Waals surface area contributed by atoms with Crippen LogP contribution in [0.25, 0.3) is 11.1 Å². The lowest BCUT2D eigenvalue weighted by atomic mass is 9.99. The van der Waals surface area contributed by atoms with Crippen molar-refractivity contribution < 1.29 is 28.6 Å². The third-order valence-electron chi connectivity index (χ3n) is 7.36. The number of carbonyl (C=O) groups is 3. The van der Waals surface area contributed by atoms with Crippen LogP contribution in [0.1, 0.15) is 71.9 Å². The van der Waals surface area contributed by atoms with Crippen LogP contribution in [0.3, 0.4) is 0 Å². The van der Waals surface area contributed by atoms with Crippen molar-refractivity contribution in [2.75, 3.05) is 19.6 Å². The maximum absolute atomic E-state index is 13.5. The topological polar surface area (TPSA) is 121 Å². The normalized spacial score (nSPS) is 18.1. The first-order valence-corrected chi connectivity index (χ1v) is 15.0. The summed E-state index contributed by atoms with van der Waals surface area (Å²) >= 11 is 0. The maximum atomic E-state index is 13.5. The predicted molar refractivity (Wildman–Crippen MR) is 161 cm³/mol. The average Bonchev–Trinajstić information content (AvgIpc) is 3.44. The molecule has 4 rings (SSSR count). The number of likely N-dealkylation sites (tertiary alicyclic amines) is 2. The number of amides is 3. The van der Waals surface area contributed by atoms with E-state index in [1.165, 1.54) is 4.90 Å². The van der Waals surface area contributed by atoms with E-state index in [4.69, 9.17) is 14.2 Å². The molecule has 2 saturated heterocycles. The van der Waals surface area contributed by atoms with Crippen molar-refractivity contribution in [3.05, 3.63) is 54.1 Å². The highest BCUT2D eigenvalue weighted by molar-refractivity contribution is 5.88. The highest BCUT2D eigenvalue weighted by Gasteiger charge is 2.35. The fourth-order valence-corrected chi connectivity index (χ4v) is 5.26. The van der Waals surface area contributed by atoms with Crippen molar-refractivity contribution in [1.29, 1.82) is 5.26 Å². The molecule has 10 nitrogen and oxygen atoms in total. The summed E-state index contributed by atoms with van der Waals surface area (Å²) < 4.78 is 16.9. The number of nitrogens with one attached hydrogen (secondary N) is 1. The molecule has 230 valence electrons. The fraction of sp³-hybridized carbons (Fsp3) is 0.515. The molecule has 0 aliphatic carbocycles. The van der Waals surface area contributed by atoms with Gasteiger partial charge in [-0.3, -0.25) is 4.79 Å². The van der Waals surface area contributed by atoms with Crippen LogP contribution in [0.2, 0.25) is 0 Å². The minimum atomic E-state index is -0.979. The molecule has 0 spiro atoms. The third-order valence-corrected chi connectivity index (χ3v) is 7.36. The van der Waals surface area contributed by atoms with E-state index >= 15 is 0 Å². The molecule has 1 N–H and O–H groups in total. The summed E-state index contributed by atoms with van der Waals surface area (Å²) in [5.41, 5.74) is 1.79. The van der Waals surface area contributed by atoms with Crippen LogP contribution >= 0.6 is 0 Å².